The molecule has 8 aliphatic rings. The third-order valence-corrected chi connectivity index (χ3v) is 15.2. The highest BCUT2D eigenvalue weighted by atomic mass is 16.7. The molecule has 4 unspecified atom stereocenters. The highest BCUT2D eigenvalue weighted by Crippen LogP contribution is 2.56. The van der Waals surface area contributed by atoms with Crippen molar-refractivity contribution in [2.75, 3.05) is 31.6 Å². The van der Waals surface area contributed by atoms with E-state index in [2.05, 4.69) is 22.0 Å². The van der Waals surface area contributed by atoms with E-state index in [0.29, 0.717) is 17.8 Å². The Balaban J connectivity index is 1.28. The number of piperazine rings is 1. The number of allylic oxidation sites excluding steroid dienone is 5. The number of rotatable bonds is 4. The molecule has 0 aromatic rings. The van der Waals surface area contributed by atoms with E-state index in [-0.39, 0.29) is 51.1 Å². The largest absolute Gasteiger partial charge is 0.509 e. The van der Waals surface area contributed by atoms with Crippen molar-refractivity contribution in [3.8, 4) is 11.5 Å². The number of ether oxygens (including phenoxy) is 4. The van der Waals surface area contributed by atoms with Gasteiger partial charge in [0.2, 0.25) is 5.43 Å². The van der Waals surface area contributed by atoms with Gasteiger partial charge in [0.05, 0.1) is 47.7 Å². The molecule has 17 heteroatoms. The van der Waals surface area contributed by atoms with Crippen molar-refractivity contribution in [3.05, 3.63) is 98.4 Å². The number of nitrogens with zero attached hydrogens (tertiary/aromatic N) is 3. The maximum Gasteiger partial charge on any atom is 0.306 e. The molecule has 68 heavy (non-hydrogen) atoms. The van der Waals surface area contributed by atoms with Crippen LogP contribution in [0.4, 0.5) is 5.69 Å². The van der Waals surface area contributed by atoms with Crippen LogP contribution in [0, 0.1) is 29.6 Å². The SMILES string of the molecule is CCN1C2CCC1CN(c1cc3oc4c(nc-3c(=O)c1)C1C3=C(O)[C@@]5(C)O/C=C/[C@H](OC)[C@@H](C)[C@@H](OC(C)=O)[C@H](C)[C@H](O)[C@H](C)[C@@H](O)[C@@H](C)/C=C/C=C(/C)C(=O)NC4=C(O)C1C(=O)C(C)=C3O5)C2. The number of carbonyl (C=O) groups is 3. The topological polar surface area (TPSA) is 231 Å². The van der Waals surface area contributed by atoms with Gasteiger partial charge in [-0.15, -0.1) is 0 Å². The number of aliphatic hydroxyl groups excluding tert-OH is 4. The number of likely N-dealkylation sites (N-methyl/N-ethyl adjacent to an activating group) is 1. The number of benzene rings is 1. The van der Waals surface area contributed by atoms with Gasteiger partial charge in [-0.1, -0.05) is 52.8 Å². The fourth-order valence-electron chi connectivity index (χ4n) is 11.2. The van der Waals surface area contributed by atoms with Gasteiger partial charge < -0.3 is 54.0 Å². The summed E-state index contributed by atoms with van der Waals surface area (Å²) in [4.78, 5) is 64.8. The predicted octanol–water partition coefficient (Wildman–Crippen LogP) is 5.54. The molecule has 2 fully saturated rings. The minimum Gasteiger partial charge on any atom is -0.509 e. The van der Waals surface area contributed by atoms with Gasteiger partial charge >= 0.3 is 11.8 Å². The number of hydrogen-bond acceptors (Lipinski definition) is 16. The minimum absolute atomic E-state index is 0.00708. The van der Waals surface area contributed by atoms with E-state index in [1.54, 1.807) is 52.8 Å². The first kappa shape index (κ1) is 48.7. The number of Topliss-reactive ketones (excluding diaryl/α,β-unsaturated/α-hetero) is 1. The Morgan fingerprint density at radius 3 is 2.31 bits per heavy atom. The molecule has 0 aromatic carbocycles. The number of hydrogen-bond donors (Lipinski definition) is 5. The molecular weight excluding hydrogens is 877 g/mol. The molecule has 0 radical (unpaired) electrons. The quantitative estimate of drug-likeness (QED) is 0.237. The van der Waals surface area contributed by atoms with Crippen molar-refractivity contribution in [2.24, 2.45) is 29.6 Å². The summed E-state index contributed by atoms with van der Waals surface area (Å²) in [5, 5.41) is 50.4. The van der Waals surface area contributed by atoms with Crippen LogP contribution < -0.4 is 15.6 Å². The molecule has 8 rings (SSSR count). The van der Waals surface area contributed by atoms with Crippen molar-refractivity contribution >= 4 is 29.0 Å². The van der Waals surface area contributed by atoms with Crippen LogP contribution >= 0.6 is 0 Å². The lowest BCUT2D eigenvalue weighted by atomic mass is 9.69. The van der Waals surface area contributed by atoms with Crippen molar-refractivity contribution in [3.63, 3.8) is 0 Å². The number of esters is 1. The predicted molar refractivity (Wildman–Crippen MR) is 250 cm³/mol. The molecule has 17 nitrogen and oxygen atoms in total. The van der Waals surface area contributed by atoms with Crippen LogP contribution in [0.5, 0.6) is 0 Å². The van der Waals surface area contributed by atoms with Gasteiger partial charge in [0.15, 0.2) is 28.8 Å². The third-order valence-electron chi connectivity index (χ3n) is 15.2. The van der Waals surface area contributed by atoms with Crippen LogP contribution in [-0.2, 0) is 33.3 Å². The van der Waals surface area contributed by atoms with Gasteiger partial charge in [-0.05, 0) is 39.3 Å². The summed E-state index contributed by atoms with van der Waals surface area (Å²) in [6.45, 7) is 17.2. The van der Waals surface area contributed by atoms with E-state index in [1.165, 1.54) is 52.4 Å². The van der Waals surface area contributed by atoms with Crippen LogP contribution in [0.25, 0.3) is 17.2 Å². The van der Waals surface area contributed by atoms with Crippen molar-refractivity contribution in [1.82, 2.24) is 15.2 Å². The third kappa shape index (κ3) is 8.34. The van der Waals surface area contributed by atoms with Crippen molar-refractivity contribution < 1.29 is 58.2 Å². The number of aliphatic hydroxyl groups is 4. The van der Waals surface area contributed by atoms with Gasteiger partial charge in [-0.25, -0.2) is 4.98 Å². The van der Waals surface area contributed by atoms with E-state index in [9.17, 15) is 39.6 Å². The normalized spacial score (nSPS) is 36.5. The summed E-state index contributed by atoms with van der Waals surface area (Å²) in [5.74, 6) is -10.1. The average molecular weight is 941 g/mol. The monoisotopic (exact) mass is 940 g/mol. The number of anilines is 1. The van der Waals surface area contributed by atoms with E-state index >= 15 is 0 Å². The molecule has 0 spiro atoms. The average Bonchev–Trinajstić information content (AvgIpc) is 3.72. The highest BCUT2D eigenvalue weighted by Gasteiger charge is 2.58. The van der Waals surface area contributed by atoms with Gasteiger partial charge in [-0.3, -0.25) is 24.1 Å². The Hall–Kier alpha value is -5.75. The zero-order chi connectivity index (χ0) is 49.3. The fourth-order valence-corrected chi connectivity index (χ4v) is 11.2. The Labute approximate surface area is 395 Å². The van der Waals surface area contributed by atoms with Crippen LogP contribution in [0.3, 0.4) is 0 Å². The molecular formula is C51H64N4O13. The molecule has 5 aliphatic heterocycles. The van der Waals surface area contributed by atoms with Crippen molar-refractivity contribution in [1.29, 1.82) is 0 Å². The van der Waals surface area contributed by atoms with Crippen LogP contribution in [0.1, 0.15) is 92.5 Å². The lowest BCUT2D eigenvalue weighted by Crippen LogP contribution is -2.53. The molecule has 0 saturated carbocycles. The first-order chi connectivity index (χ1) is 32.2. The number of ketones is 1. The van der Waals surface area contributed by atoms with Gasteiger partial charge in [0, 0.05) is 98.8 Å². The molecule has 13 atom stereocenters. The van der Waals surface area contributed by atoms with Crippen molar-refractivity contribution in [2.45, 2.75) is 123 Å². The summed E-state index contributed by atoms with van der Waals surface area (Å²) in [7, 11) is 1.45. The fraction of sp³-hybridized carbons (Fsp3) is 0.549. The molecule has 5 N–H and O–H groups in total. The van der Waals surface area contributed by atoms with Crippen LogP contribution in [-0.4, -0.2) is 117 Å². The second-order valence-corrected chi connectivity index (χ2v) is 19.5. The number of amides is 1. The maximum absolute atomic E-state index is 14.5. The number of methoxy groups -OCH3 is 1. The Morgan fingerprint density at radius 2 is 1.66 bits per heavy atom. The molecule has 366 valence electrons. The standard InChI is InChI=1S/C51H64N4O13/c1-11-55-30-15-16-31(55)22-54(21-30)32-19-33(57)39-35(20-32)67-48-40(52-39)36-37-44(60)28(7)47-38(36)49(62)51(9,68-47)65-18-17-34(64-10)25(4)46(66-29(8)56)27(6)43(59)26(5)42(58)23(2)13-12-14-24(3)50(63)53-41(48)45(37)61/h12-14,17-20,23,25-27,30-31,34,36-37,42-43,46,58-59,61-62H,11,15-16,21-22H2,1-10H3,(H,53,63)/b13-12+,18-17+,24-14-/t23-,25+,26+,27+,30?,31?,34-,36?,37?,42-,43+,46+,51-/m0/s1. The lowest BCUT2D eigenvalue weighted by molar-refractivity contribution is -0.160. The van der Waals surface area contributed by atoms with Crippen LogP contribution in [0.15, 0.2) is 85.9 Å². The van der Waals surface area contributed by atoms with Gasteiger partial charge in [0.1, 0.15) is 23.3 Å². The van der Waals surface area contributed by atoms with E-state index < -0.39 is 100 Å². The zero-order valence-corrected chi connectivity index (χ0v) is 40.3. The number of carbonyl (C=O) groups excluding carboxylic acids is 3. The number of fused-ring (bicyclic) bond motifs is 4. The second kappa shape index (κ2) is 18.6. The Morgan fingerprint density at radius 1 is 0.971 bits per heavy atom. The zero-order valence-electron chi connectivity index (χ0n) is 40.3. The molecule has 2 saturated heterocycles. The van der Waals surface area contributed by atoms with E-state index in [0.717, 1.165) is 32.5 Å². The van der Waals surface area contributed by atoms with E-state index in [4.69, 9.17) is 28.3 Å². The molecule has 1 amide bonds. The number of aromatic nitrogens is 1. The first-order valence-corrected chi connectivity index (χ1v) is 23.6. The highest BCUT2D eigenvalue weighted by molar-refractivity contribution is 6.06. The van der Waals surface area contributed by atoms with E-state index in [1.807, 2.05) is 0 Å². The summed E-state index contributed by atoms with van der Waals surface area (Å²) >= 11 is 0. The minimum atomic E-state index is -1.95. The lowest BCUT2D eigenvalue weighted by Gasteiger charge is -2.41. The molecule has 0 aromatic heterocycles. The maximum atomic E-state index is 14.5. The van der Waals surface area contributed by atoms with Gasteiger partial charge in [-0.2, -0.15) is 0 Å². The van der Waals surface area contributed by atoms with Gasteiger partial charge in [0.25, 0.3) is 5.91 Å². The Bertz CT molecular complexity index is 2580. The molecule has 3 aliphatic carbocycles. The summed E-state index contributed by atoms with van der Waals surface area (Å²) < 4.78 is 30.7. The number of nitrogens with one attached hydrogen (secondary N) is 1. The summed E-state index contributed by atoms with van der Waals surface area (Å²) in [6, 6.07) is 3.94. The smallest absolute Gasteiger partial charge is 0.306 e. The first-order valence-electron chi connectivity index (χ1n) is 23.6. The summed E-state index contributed by atoms with van der Waals surface area (Å²) in [6.07, 6.45) is 5.80. The Kier molecular flexibility index (Phi) is 13.3. The van der Waals surface area contributed by atoms with Crippen LogP contribution in [0.2, 0.25) is 0 Å². The summed E-state index contributed by atoms with van der Waals surface area (Å²) in [5.41, 5.74) is 0.191. The molecule has 6 bridgehead atoms. The molecule has 5 heterocycles. The second-order valence-electron chi connectivity index (χ2n) is 19.5.